The normalized spacial score (nSPS) is 11.3. The van der Waals surface area contributed by atoms with Gasteiger partial charge in [-0.15, -0.1) is 0 Å². The molecule has 2 N–H and O–H groups in total. The molecule has 1 aromatic carbocycles. The molecule has 0 aliphatic carbocycles. The molecule has 0 aliphatic heterocycles. The highest BCUT2D eigenvalue weighted by Gasteiger charge is 2.13. The van der Waals surface area contributed by atoms with E-state index in [0.29, 0.717) is 5.03 Å². The second-order valence-corrected chi connectivity index (χ2v) is 7.27. The lowest BCUT2D eigenvalue weighted by Gasteiger charge is -2.03. The van der Waals surface area contributed by atoms with Crippen molar-refractivity contribution in [3.8, 4) is 0 Å². The van der Waals surface area contributed by atoms with Crippen LogP contribution < -0.4 is 5.73 Å². The van der Waals surface area contributed by atoms with Crippen LogP contribution in [0.1, 0.15) is 0 Å². The van der Waals surface area contributed by atoms with Crippen molar-refractivity contribution in [1.82, 2.24) is 4.98 Å². The Bertz CT molecular complexity index is 789. The molecule has 1 aromatic heterocycles. The molecule has 2 rings (SSSR count). The van der Waals surface area contributed by atoms with E-state index in [2.05, 4.69) is 4.98 Å². The van der Waals surface area contributed by atoms with E-state index >= 15 is 0 Å². The second-order valence-electron chi connectivity index (χ2n) is 4.16. The van der Waals surface area contributed by atoms with Gasteiger partial charge in [-0.2, -0.15) is 0 Å². The van der Waals surface area contributed by atoms with Gasteiger partial charge in [0.15, 0.2) is 9.84 Å². The van der Waals surface area contributed by atoms with E-state index < -0.39 is 14.8 Å². The number of hydrogen-bond donors (Lipinski definition) is 1. The van der Waals surface area contributed by atoms with Crippen LogP contribution in [0.3, 0.4) is 0 Å². The van der Waals surface area contributed by atoms with E-state index in [1.165, 1.54) is 36.0 Å². The Morgan fingerprint density at radius 3 is 2.29 bits per heavy atom. The van der Waals surface area contributed by atoms with Crippen LogP contribution in [0.15, 0.2) is 51.2 Å². The smallest absolute Gasteiger partial charge is 0.311 e. The predicted molar refractivity (Wildman–Crippen MR) is 79.0 cm³/mol. The van der Waals surface area contributed by atoms with Crippen molar-refractivity contribution in [2.75, 3.05) is 12.0 Å². The second kappa shape index (κ2) is 5.70. The standard InChI is InChI=1S/C12H11N3O4S2/c1-21(18,19)9-4-2-8(3-5-9)20-11-7-6-10(15(16)17)12(13)14-11/h2-7H,1H3,(H2,13,14). The molecule has 21 heavy (non-hydrogen) atoms. The van der Waals surface area contributed by atoms with E-state index in [-0.39, 0.29) is 16.4 Å². The molecule has 0 saturated carbocycles. The Morgan fingerprint density at radius 2 is 1.81 bits per heavy atom. The molecule has 110 valence electrons. The Kier molecular flexibility index (Phi) is 4.14. The zero-order valence-electron chi connectivity index (χ0n) is 10.9. The Labute approximate surface area is 125 Å². The van der Waals surface area contributed by atoms with Gasteiger partial charge in [-0.3, -0.25) is 10.1 Å². The van der Waals surface area contributed by atoms with Crippen molar-refractivity contribution in [3.05, 3.63) is 46.5 Å². The molecule has 9 heteroatoms. The summed E-state index contributed by atoms with van der Waals surface area (Å²) in [7, 11) is -3.23. The zero-order valence-corrected chi connectivity index (χ0v) is 12.5. The van der Waals surface area contributed by atoms with Gasteiger partial charge >= 0.3 is 5.69 Å². The molecule has 2 aromatic rings. The number of benzene rings is 1. The number of nitro groups is 1. The van der Waals surface area contributed by atoms with Crippen molar-refractivity contribution >= 4 is 33.1 Å². The van der Waals surface area contributed by atoms with Crippen LogP contribution in [0.5, 0.6) is 0 Å². The zero-order chi connectivity index (χ0) is 15.6. The van der Waals surface area contributed by atoms with E-state index in [1.807, 2.05) is 0 Å². The Balaban J connectivity index is 2.23. The largest absolute Gasteiger partial charge is 0.378 e. The third kappa shape index (κ3) is 3.70. The van der Waals surface area contributed by atoms with Crippen LogP contribution >= 0.6 is 11.8 Å². The molecule has 0 unspecified atom stereocenters. The molecule has 0 radical (unpaired) electrons. The minimum Gasteiger partial charge on any atom is -0.378 e. The van der Waals surface area contributed by atoms with Gasteiger partial charge < -0.3 is 5.73 Å². The number of nitrogens with zero attached hydrogens (tertiary/aromatic N) is 2. The number of nitrogen functional groups attached to an aromatic ring is 1. The highest BCUT2D eigenvalue weighted by Crippen LogP contribution is 2.30. The summed E-state index contributed by atoms with van der Waals surface area (Å²) in [5, 5.41) is 11.1. The van der Waals surface area contributed by atoms with Gasteiger partial charge in [0, 0.05) is 17.2 Å². The maximum atomic E-state index is 11.3. The lowest BCUT2D eigenvalue weighted by atomic mass is 10.4. The summed E-state index contributed by atoms with van der Waals surface area (Å²) in [5.41, 5.74) is 5.27. The summed E-state index contributed by atoms with van der Waals surface area (Å²) in [4.78, 5) is 15.0. The Morgan fingerprint density at radius 1 is 1.19 bits per heavy atom. The van der Waals surface area contributed by atoms with Gasteiger partial charge in [0.25, 0.3) is 0 Å². The molecule has 1 heterocycles. The van der Waals surface area contributed by atoms with Crippen molar-refractivity contribution in [3.63, 3.8) is 0 Å². The third-order valence-corrected chi connectivity index (χ3v) is 4.62. The fourth-order valence-corrected chi connectivity index (χ4v) is 2.96. The molecule has 0 fully saturated rings. The molecular weight excluding hydrogens is 314 g/mol. The highest BCUT2D eigenvalue weighted by atomic mass is 32.2. The van der Waals surface area contributed by atoms with E-state index in [0.717, 1.165) is 11.2 Å². The van der Waals surface area contributed by atoms with E-state index in [9.17, 15) is 18.5 Å². The number of sulfone groups is 1. The molecule has 0 saturated heterocycles. The van der Waals surface area contributed by atoms with Gasteiger partial charge in [0.2, 0.25) is 5.82 Å². The van der Waals surface area contributed by atoms with E-state index in [1.54, 1.807) is 12.1 Å². The van der Waals surface area contributed by atoms with Crippen molar-refractivity contribution in [2.45, 2.75) is 14.8 Å². The number of aromatic nitrogens is 1. The van der Waals surface area contributed by atoms with Crippen LogP contribution in [-0.2, 0) is 9.84 Å². The molecule has 0 atom stereocenters. The topological polar surface area (TPSA) is 116 Å². The predicted octanol–water partition coefficient (Wildman–Crippen LogP) is 2.13. The number of hydrogen-bond acceptors (Lipinski definition) is 7. The minimum atomic E-state index is -3.23. The number of pyridine rings is 1. The fraction of sp³-hybridized carbons (Fsp3) is 0.0833. The third-order valence-electron chi connectivity index (χ3n) is 2.55. The average Bonchev–Trinajstić information content (AvgIpc) is 2.38. The van der Waals surface area contributed by atoms with Crippen molar-refractivity contribution in [1.29, 1.82) is 0 Å². The van der Waals surface area contributed by atoms with Crippen molar-refractivity contribution < 1.29 is 13.3 Å². The van der Waals surface area contributed by atoms with Gasteiger partial charge in [-0.25, -0.2) is 13.4 Å². The summed E-state index contributed by atoms with van der Waals surface area (Å²) < 4.78 is 22.7. The quantitative estimate of drug-likeness (QED) is 0.676. The SMILES string of the molecule is CS(=O)(=O)c1ccc(Sc2ccc([N+](=O)[O-])c(N)n2)cc1. The number of rotatable bonds is 4. The van der Waals surface area contributed by atoms with Gasteiger partial charge in [0.1, 0.15) is 5.03 Å². The monoisotopic (exact) mass is 325 g/mol. The lowest BCUT2D eigenvalue weighted by Crippen LogP contribution is -1.99. The first-order valence-corrected chi connectivity index (χ1v) is 8.37. The van der Waals surface area contributed by atoms with Crippen LogP contribution in [0.25, 0.3) is 0 Å². The maximum absolute atomic E-state index is 11.3. The molecule has 0 bridgehead atoms. The fourth-order valence-electron chi connectivity index (χ4n) is 1.54. The molecule has 7 nitrogen and oxygen atoms in total. The van der Waals surface area contributed by atoms with Crippen molar-refractivity contribution in [2.24, 2.45) is 0 Å². The summed E-state index contributed by atoms with van der Waals surface area (Å²) in [6, 6.07) is 9.04. The molecular formula is C12H11N3O4S2. The van der Waals surface area contributed by atoms with Crippen LogP contribution in [-0.4, -0.2) is 24.6 Å². The average molecular weight is 325 g/mol. The minimum absolute atomic E-state index is 0.155. The summed E-state index contributed by atoms with van der Waals surface area (Å²) in [6.45, 7) is 0. The van der Waals surface area contributed by atoms with Gasteiger partial charge in [-0.1, -0.05) is 11.8 Å². The Hall–Kier alpha value is -2.13. The maximum Gasteiger partial charge on any atom is 0.311 e. The first-order chi connectivity index (χ1) is 9.77. The molecule has 0 amide bonds. The van der Waals surface area contributed by atoms with Crippen LogP contribution in [0, 0.1) is 10.1 Å². The molecule has 0 spiro atoms. The lowest BCUT2D eigenvalue weighted by molar-refractivity contribution is -0.384. The first-order valence-electron chi connectivity index (χ1n) is 5.66. The van der Waals surface area contributed by atoms with Gasteiger partial charge in [0.05, 0.1) is 9.82 Å². The number of anilines is 1. The van der Waals surface area contributed by atoms with Crippen LogP contribution in [0.2, 0.25) is 0 Å². The highest BCUT2D eigenvalue weighted by molar-refractivity contribution is 7.99. The summed E-state index contributed by atoms with van der Waals surface area (Å²) in [5.74, 6) is -0.155. The molecule has 0 aliphatic rings. The summed E-state index contributed by atoms with van der Waals surface area (Å²) >= 11 is 1.23. The number of nitrogens with two attached hydrogens (primary N) is 1. The van der Waals surface area contributed by atoms with Crippen LogP contribution in [0.4, 0.5) is 11.5 Å². The van der Waals surface area contributed by atoms with Gasteiger partial charge in [-0.05, 0) is 30.3 Å². The first kappa shape index (κ1) is 15.3. The van der Waals surface area contributed by atoms with E-state index in [4.69, 9.17) is 5.73 Å². The summed E-state index contributed by atoms with van der Waals surface area (Å²) in [6.07, 6.45) is 1.13.